The maximum Gasteiger partial charge on any atom is 0.243 e. The van der Waals surface area contributed by atoms with Crippen LogP contribution >= 0.6 is 0 Å². The Balaban J connectivity index is 2.11. The lowest BCUT2D eigenvalue weighted by Gasteiger charge is -2.14. The average molecular weight is 293 g/mol. The fourth-order valence-corrected chi connectivity index (χ4v) is 3.32. The molecule has 0 saturated carbocycles. The van der Waals surface area contributed by atoms with E-state index in [0.29, 0.717) is 6.42 Å². The first kappa shape index (κ1) is 14.7. The summed E-state index contributed by atoms with van der Waals surface area (Å²) in [6.45, 7) is 1.76. The first-order chi connectivity index (χ1) is 9.49. The molecule has 0 saturated heterocycles. The van der Waals surface area contributed by atoms with Crippen LogP contribution in [0.1, 0.15) is 12.5 Å². The topological polar surface area (TPSA) is 46.2 Å². The highest BCUT2D eigenvalue weighted by Crippen LogP contribution is 2.14. The van der Waals surface area contributed by atoms with Gasteiger partial charge in [0.25, 0.3) is 0 Å². The Labute approximate surface area is 118 Å². The molecule has 0 heterocycles. The van der Waals surface area contributed by atoms with Crippen molar-refractivity contribution >= 4 is 10.0 Å². The molecule has 2 aromatic rings. The number of halogens is 1. The smallest absolute Gasteiger partial charge is 0.208 e. The van der Waals surface area contributed by atoms with Gasteiger partial charge in [-0.2, -0.15) is 0 Å². The van der Waals surface area contributed by atoms with Crippen LogP contribution in [0.25, 0.3) is 0 Å². The molecule has 0 fully saturated rings. The Morgan fingerprint density at radius 2 is 1.65 bits per heavy atom. The van der Waals surface area contributed by atoms with Crippen molar-refractivity contribution in [1.29, 1.82) is 0 Å². The SMILES string of the molecule is CC(Cc1ccccc1)NS(=O)(=O)c1ccccc1F. The van der Waals surface area contributed by atoms with Crippen molar-refractivity contribution in [2.45, 2.75) is 24.3 Å². The predicted molar refractivity (Wildman–Crippen MR) is 76.3 cm³/mol. The summed E-state index contributed by atoms with van der Waals surface area (Å²) in [6.07, 6.45) is 0.550. The molecule has 0 radical (unpaired) electrons. The first-order valence-corrected chi connectivity index (χ1v) is 7.78. The molecule has 5 heteroatoms. The standard InChI is InChI=1S/C15H16FNO2S/c1-12(11-13-7-3-2-4-8-13)17-20(18,19)15-10-6-5-9-14(15)16/h2-10,12,17H,11H2,1H3. The van der Waals surface area contributed by atoms with Crippen molar-refractivity contribution < 1.29 is 12.8 Å². The molecule has 0 aliphatic heterocycles. The second-order valence-corrected chi connectivity index (χ2v) is 6.32. The molecular formula is C15H16FNO2S. The van der Waals surface area contributed by atoms with Crippen molar-refractivity contribution in [3.8, 4) is 0 Å². The molecule has 1 N–H and O–H groups in total. The van der Waals surface area contributed by atoms with Crippen LogP contribution in [-0.4, -0.2) is 14.5 Å². The van der Waals surface area contributed by atoms with Crippen molar-refractivity contribution in [2.24, 2.45) is 0 Å². The molecular weight excluding hydrogens is 277 g/mol. The molecule has 0 aliphatic carbocycles. The minimum Gasteiger partial charge on any atom is -0.208 e. The summed E-state index contributed by atoms with van der Waals surface area (Å²) in [5.41, 5.74) is 1.02. The molecule has 1 unspecified atom stereocenters. The second-order valence-electron chi connectivity index (χ2n) is 4.64. The first-order valence-electron chi connectivity index (χ1n) is 6.30. The van der Waals surface area contributed by atoms with Crippen molar-refractivity contribution in [2.75, 3.05) is 0 Å². The van der Waals surface area contributed by atoms with Crippen LogP contribution < -0.4 is 4.72 Å². The third kappa shape index (κ3) is 3.65. The monoisotopic (exact) mass is 293 g/mol. The minimum atomic E-state index is -3.84. The Morgan fingerprint density at radius 1 is 1.05 bits per heavy atom. The zero-order valence-electron chi connectivity index (χ0n) is 11.1. The van der Waals surface area contributed by atoms with Gasteiger partial charge in [0.15, 0.2) is 0 Å². The molecule has 1 atom stereocenters. The lowest BCUT2D eigenvalue weighted by Crippen LogP contribution is -2.34. The summed E-state index contributed by atoms with van der Waals surface area (Å²) in [7, 11) is -3.84. The van der Waals surface area contributed by atoms with E-state index in [0.717, 1.165) is 11.6 Å². The molecule has 0 spiro atoms. The highest BCUT2D eigenvalue weighted by atomic mass is 32.2. The quantitative estimate of drug-likeness (QED) is 0.921. The van der Waals surface area contributed by atoms with Gasteiger partial charge in [-0.15, -0.1) is 0 Å². The van der Waals surface area contributed by atoms with E-state index in [4.69, 9.17) is 0 Å². The van der Waals surface area contributed by atoms with Crippen LogP contribution in [0.4, 0.5) is 4.39 Å². The molecule has 0 amide bonds. The summed E-state index contributed by atoms with van der Waals surface area (Å²) >= 11 is 0. The molecule has 0 aromatic heterocycles. The van der Waals surface area contributed by atoms with Crippen molar-refractivity contribution in [3.05, 3.63) is 66.0 Å². The van der Waals surface area contributed by atoms with E-state index in [1.54, 1.807) is 6.92 Å². The van der Waals surface area contributed by atoms with Gasteiger partial charge in [0.2, 0.25) is 10.0 Å². The van der Waals surface area contributed by atoms with E-state index < -0.39 is 15.8 Å². The predicted octanol–water partition coefficient (Wildman–Crippen LogP) is 2.74. The number of hydrogen-bond acceptors (Lipinski definition) is 2. The number of rotatable bonds is 5. The average Bonchev–Trinajstić information content (AvgIpc) is 2.39. The van der Waals surface area contributed by atoms with E-state index >= 15 is 0 Å². The number of benzene rings is 2. The van der Waals surface area contributed by atoms with Crippen LogP contribution in [-0.2, 0) is 16.4 Å². The molecule has 0 bridgehead atoms. The van der Waals surface area contributed by atoms with Crippen LogP contribution in [0.3, 0.4) is 0 Å². The summed E-state index contributed by atoms with van der Waals surface area (Å²) in [4.78, 5) is -0.320. The third-order valence-electron chi connectivity index (χ3n) is 2.87. The van der Waals surface area contributed by atoms with Gasteiger partial charge in [-0.3, -0.25) is 0 Å². The van der Waals surface area contributed by atoms with E-state index in [-0.39, 0.29) is 10.9 Å². The summed E-state index contributed by atoms with van der Waals surface area (Å²) in [5, 5.41) is 0. The molecule has 3 nitrogen and oxygen atoms in total. The number of sulfonamides is 1. The lowest BCUT2D eigenvalue weighted by atomic mass is 10.1. The van der Waals surface area contributed by atoms with Crippen LogP contribution in [0.15, 0.2) is 59.5 Å². The molecule has 0 aliphatic rings. The molecule has 2 aromatic carbocycles. The van der Waals surface area contributed by atoms with Gasteiger partial charge in [0.1, 0.15) is 10.7 Å². The maximum absolute atomic E-state index is 13.5. The van der Waals surface area contributed by atoms with Gasteiger partial charge in [-0.05, 0) is 31.0 Å². The van der Waals surface area contributed by atoms with Gasteiger partial charge >= 0.3 is 0 Å². The van der Waals surface area contributed by atoms with E-state index in [9.17, 15) is 12.8 Å². The van der Waals surface area contributed by atoms with Gasteiger partial charge in [-0.25, -0.2) is 17.5 Å². The van der Waals surface area contributed by atoms with Gasteiger partial charge in [0.05, 0.1) is 0 Å². The van der Waals surface area contributed by atoms with Gasteiger partial charge in [0, 0.05) is 6.04 Å². The minimum absolute atomic E-state index is 0.318. The Hall–Kier alpha value is -1.72. The number of hydrogen-bond donors (Lipinski definition) is 1. The van der Waals surface area contributed by atoms with Crippen LogP contribution in [0.5, 0.6) is 0 Å². The van der Waals surface area contributed by atoms with Gasteiger partial charge < -0.3 is 0 Å². The fraction of sp³-hybridized carbons (Fsp3) is 0.200. The second kappa shape index (κ2) is 6.15. The summed E-state index contributed by atoms with van der Waals surface area (Å²) < 4.78 is 40.2. The maximum atomic E-state index is 13.5. The molecule has 2 rings (SSSR count). The highest BCUT2D eigenvalue weighted by molar-refractivity contribution is 7.89. The zero-order valence-corrected chi connectivity index (χ0v) is 11.9. The van der Waals surface area contributed by atoms with Crippen molar-refractivity contribution in [1.82, 2.24) is 4.72 Å². The van der Waals surface area contributed by atoms with E-state index in [1.165, 1.54) is 18.2 Å². The molecule has 20 heavy (non-hydrogen) atoms. The third-order valence-corrected chi connectivity index (χ3v) is 4.49. The highest BCUT2D eigenvalue weighted by Gasteiger charge is 2.20. The van der Waals surface area contributed by atoms with Crippen LogP contribution in [0.2, 0.25) is 0 Å². The largest absolute Gasteiger partial charge is 0.243 e. The zero-order chi connectivity index (χ0) is 14.6. The Bertz CT molecular complexity index is 671. The van der Waals surface area contributed by atoms with Crippen LogP contribution in [0, 0.1) is 5.82 Å². The van der Waals surface area contributed by atoms with E-state index in [1.807, 2.05) is 30.3 Å². The lowest BCUT2D eigenvalue weighted by molar-refractivity contribution is 0.542. The Kier molecular flexibility index (Phi) is 4.52. The van der Waals surface area contributed by atoms with E-state index in [2.05, 4.69) is 4.72 Å². The molecule has 106 valence electrons. The summed E-state index contributed by atoms with van der Waals surface area (Å²) in [6, 6.07) is 14.6. The number of nitrogens with one attached hydrogen (secondary N) is 1. The van der Waals surface area contributed by atoms with Gasteiger partial charge in [-0.1, -0.05) is 42.5 Å². The van der Waals surface area contributed by atoms with Crippen molar-refractivity contribution in [3.63, 3.8) is 0 Å². The Morgan fingerprint density at radius 3 is 2.30 bits per heavy atom. The normalized spacial score (nSPS) is 13.1. The fourth-order valence-electron chi connectivity index (χ4n) is 2.00. The summed E-state index contributed by atoms with van der Waals surface area (Å²) in [5.74, 6) is -0.744.